The summed E-state index contributed by atoms with van der Waals surface area (Å²) in [7, 11) is 1.89. The van der Waals surface area contributed by atoms with Crippen molar-refractivity contribution in [3.05, 3.63) is 0 Å². The second-order valence-electron chi connectivity index (χ2n) is 7.30. The van der Waals surface area contributed by atoms with Gasteiger partial charge in [0.05, 0.1) is 6.07 Å². The molecule has 1 unspecified atom stereocenters. The van der Waals surface area contributed by atoms with Crippen LogP contribution in [0.25, 0.3) is 0 Å². The van der Waals surface area contributed by atoms with E-state index in [1.165, 1.54) is 38.5 Å². The molecule has 0 radical (unpaired) electrons. The molecule has 4 saturated carbocycles. The average Bonchev–Trinajstić information content (AvgIpc) is 2.35. The minimum atomic E-state index is -0.00857. The second kappa shape index (κ2) is 4.51. The molecule has 19 heavy (non-hydrogen) atoms. The fourth-order valence-electron chi connectivity index (χ4n) is 5.51. The lowest BCUT2D eigenvalue weighted by Gasteiger charge is -2.60. The maximum Gasteiger partial charge on any atom is 0.236 e. The minimum Gasteiger partial charge on any atom is -0.342 e. The summed E-state index contributed by atoms with van der Waals surface area (Å²) in [5, 5.41) is 8.70. The van der Waals surface area contributed by atoms with Gasteiger partial charge in [-0.2, -0.15) is 5.26 Å². The van der Waals surface area contributed by atoms with Crippen molar-refractivity contribution in [2.45, 2.75) is 57.9 Å². The van der Waals surface area contributed by atoms with E-state index in [-0.39, 0.29) is 12.3 Å². The highest BCUT2D eigenvalue weighted by Crippen LogP contribution is 2.61. The van der Waals surface area contributed by atoms with Crippen molar-refractivity contribution in [2.24, 2.45) is 23.2 Å². The van der Waals surface area contributed by atoms with Gasteiger partial charge >= 0.3 is 0 Å². The monoisotopic (exact) mass is 260 g/mol. The number of rotatable bonds is 3. The molecular weight excluding hydrogens is 236 g/mol. The van der Waals surface area contributed by atoms with Crippen molar-refractivity contribution in [3.8, 4) is 6.07 Å². The van der Waals surface area contributed by atoms with Gasteiger partial charge in [0, 0.05) is 13.1 Å². The van der Waals surface area contributed by atoms with E-state index in [0.717, 1.165) is 17.8 Å². The third-order valence-corrected chi connectivity index (χ3v) is 6.18. The smallest absolute Gasteiger partial charge is 0.236 e. The molecule has 0 saturated heterocycles. The molecule has 0 aromatic carbocycles. The Balaban J connectivity index is 1.77. The summed E-state index contributed by atoms with van der Waals surface area (Å²) in [5.74, 6) is 2.72. The highest BCUT2D eigenvalue weighted by Gasteiger charge is 2.54. The molecule has 0 aliphatic heterocycles. The van der Waals surface area contributed by atoms with Crippen LogP contribution in [-0.2, 0) is 4.79 Å². The fraction of sp³-hybridized carbons (Fsp3) is 0.875. The van der Waals surface area contributed by atoms with Crippen LogP contribution in [0.1, 0.15) is 51.9 Å². The molecule has 1 amide bonds. The standard InChI is InChI=1S/C16H24N2O/c1-11(18(2)15(19)3-4-17)16-8-12-5-13(9-16)7-14(6-12)10-16/h11-14H,3,5-10H2,1-2H3. The first kappa shape index (κ1) is 13.0. The molecule has 4 rings (SSSR count). The highest BCUT2D eigenvalue weighted by molar-refractivity contribution is 5.78. The summed E-state index contributed by atoms with van der Waals surface area (Å²) in [6.07, 6.45) is 8.25. The summed E-state index contributed by atoms with van der Waals surface area (Å²) >= 11 is 0. The first-order valence-corrected chi connectivity index (χ1v) is 7.66. The zero-order chi connectivity index (χ0) is 13.6. The molecule has 0 heterocycles. The molecule has 4 aliphatic rings. The van der Waals surface area contributed by atoms with Gasteiger partial charge < -0.3 is 4.90 Å². The number of hydrogen-bond acceptors (Lipinski definition) is 2. The summed E-state index contributed by atoms with van der Waals surface area (Å²) < 4.78 is 0. The Morgan fingerprint density at radius 3 is 2.16 bits per heavy atom. The lowest BCUT2D eigenvalue weighted by Crippen LogP contribution is -2.56. The maximum absolute atomic E-state index is 12.0. The van der Waals surface area contributed by atoms with Crippen molar-refractivity contribution >= 4 is 5.91 Å². The normalized spacial score (nSPS) is 40.8. The summed E-state index contributed by atoms with van der Waals surface area (Å²) in [6, 6.07) is 2.28. The lowest BCUT2D eigenvalue weighted by atomic mass is 9.47. The SMILES string of the molecule is CC(N(C)C(=O)CC#N)C12CC3CC(CC(C3)C1)C2. The van der Waals surface area contributed by atoms with Crippen LogP contribution >= 0.6 is 0 Å². The van der Waals surface area contributed by atoms with Gasteiger partial charge in [-0.25, -0.2) is 0 Å². The van der Waals surface area contributed by atoms with Gasteiger partial charge in [-0.3, -0.25) is 4.79 Å². The largest absolute Gasteiger partial charge is 0.342 e. The van der Waals surface area contributed by atoms with E-state index in [9.17, 15) is 4.79 Å². The summed E-state index contributed by atoms with van der Waals surface area (Å²) in [5.41, 5.74) is 0.356. The Morgan fingerprint density at radius 2 is 1.74 bits per heavy atom. The van der Waals surface area contributed by atoms with Crippen LogP contribution in [0.15, 0.2) is 0 Å². The molecule has 4 fully saturated rings. The van der Waals surface area contributed by atoms with Gasteiger partial charge in [0.2, 0.25) is 5.91 Å². The minimum absolute atomic E-state index is 0.00857. The van der Waals surface area contributed by atoms with E-state index >= 15 is 0 Å². The predicted octanol–water partition coefficient (Wildman–Crippen LogP) is 2.96. The molecular formula is C16H24N2O. The first-order chi connectivity index (χ1) is 9.04. The molecule has 4 bridgehead atoms. The molecule has 4 aliphatic carbocycles. The molecule has 1 atom stereocenters. The van der Waals surface area contributed by atoms with Crippen LogP contribution in [0.5, 0.6) is 0 Å². The number of amides is 1. The van der Waals surface area contributed by atoms with Crippen LogP contribution in [0.4, 0.5) is 0 Å². The molecule has 0 N–H and O–H groups in total. The maximum atomic E-state index is 12.0. The van der Waals surface area contributed by atoms with E-state index in [4.69, 9.17) is 5.26 Å². The molecule has 3 nitrogen and oxygen atoms in total. The predicted molar refractivity (Wildman–Crippen MR) is 73.1 cm³/mol. The lowest BCUT2D eigenvalue weighted by molar-refractivity contribution is -0.141. The van der Waals surface area contributed by atoms with Gasteiger partial charge in [0.1, 0.15) is 6.42 Å². The molecule has 0 aromatic rings. The van der Waals surface area contributed by atoms with E-state index in [1.54, 1.807) is 0 Å². The van der Waals surface area contributed by atoms with Crippen molar-refractivity contribution in [3.63, 3.8) is 0 Å². The number of carbonyl (C=O) groups excluding carboxylic acids is 1. The van der Waals surface area contributed by atoms with Gasteiger partial charge in [-0.15, -0.1) is 0 Å². The van der Waals surface area contributed by atoms with Crippen molar-refractivity contribution in [1.82, 2.24) is 4.90 Å². The third-order valence-electron chi connectivity index (χ3n) is 6.18. The zero-order valence-electron chi connectivity index (χ0n) is 12.1. The van der Waals surface area contributed by atoms with Crippen molar-refractivity contribution < 1.29 is 4.79 Å². The van der Waals surface area contributed by atoms with Gasteiger partial charge in [-0.1, -0.05) is 0 Å². The van der Waals surface area contributed by atoms with E-state index in [1.807, 2.05) is 18.0 Å². The average molecular weight is 260 g/mol. The second-order valence-corrected chi connectivity index (χ2v) is 7.30. The van der Waals surface area contributed by atoms with Crippen molar-refractivity contribution in [2.75, 3.05) is 7.05 Å². The van der Waals surface area contributed by atoms with Crippen molar-refractivity contribution in [1.29, 1.82) is 5.26 Å². The molecule has 0 spiro atoms. The quantitative estimate of drug-likeness (QED) is 0.783. The molecule has 104 valence electrons. The first-order valence-electron chi connectivity index (χ1n) is 7.66. The van der Waals surface area contributed by atoms with Crippen LogP contribution in [-0.4, -0.2) is 23.9 Å². The number of nitrogens with zero attached hydrogens (tertiary/aromatic N) is 2. The van der Waals surface area contributed by atoms with Crippen LogP contribution in [0, 0.1) is 34.5 Å². The number of carbonyl (C=O) groups is 1. The van der Waals surface area contributed by atoms with Gasteiger partial charge in [0.15, 0.2) is 0 Å². The Labute approximate surface area is 116 Å². The summed E-state index contributed by atoms with van der Waals surface area (Å²) in [6.45, 7) is 2.21. The Hall–Kier alpha value is -1.04. The molecule has 0 aromatic heterocycles. The van der Waals surface area contributed by atoms with Crippen LogP contribution in [0.2, 0.25) is 0 Å². The Bertz CT molecular complexity index is 388. The third kappa shape index (κ3) is 2.06. The Kier molecular flexibility index (Phi) is 3.08. The topological polar surface area (TPSA) is 44.1 Å². The number of nitriles is 1. The molecule has 3 heteroatoms. The zero-order valence-corrected chi connectivity index (χ0v) is 12.1. The van der Waals surface area contributed by atoms with E-state index in [2.05, 4.69) is 6.92 Å². The summed E-state index contributed by atoms with van der Waals surface area (Å²) in [4.78, 5) is 13.8. The Morgan fingerprint density at radius 1 is 1.26 bits per heavy atom. The van der Waals surface area contributed by atoms with E-state index < -0.39 is 0 Å². The fourth-order valence-corrected chi connectivity index (χ4v) is 5.51. The van der Waals surface area contributed by atoms with Gasteiger partial charge in [-0.05, 0) is 68.6 Å². The van der Waals surface area contributed by atoms with Crippen LogP contribution < -0.4 is 0 Å². The number of hydrogen-bond donors (Lipinski definition) is 0. The highest BCUT2D eigenvalue weighted by atomic mass is 16.2. The van der Waals surface area contributed by atoms with Crippen LogP contribution in [0.3, 0.4) is 0 Å². The van der Waals surface area contributed by atoms with Gasteiger partial charge in [0.25, 0.3) is 0 Å². The van der Waals surface area contributed by atoms with E-state index in [0.29, 0.717) is 11.5 Å².